The standard InChI is InChI=1S/C21H36ClN5O.HI/c1-5-26(6-2)13-8-7-12-24-21(23-3)25-18-11-14-27(16-18)19-15-17(22)9-10-20(19)28-4;/h9-10,15,18H,5-8,11-14,16H2,1-4H3,(H2,23,24,25);1H. The van der Waals surface area contributed by atoms with E-state index >= 15 is 0 Å². The summed E-state index contributed by atoms with van der Waals surface area (Å²) < 4.78 is 5.50. The SMILES string of the molecule is CCN(CC)CCCCNC(=NC)NC1CCN(c2cc(Cl)ccc2OC)C1.I. The van der Waals surface area contributed by atoms with Crippen molar-refractivity contribution in [2.24, 2.45) is 4.99 Å². The van der Waals surface area contributed by atoms with E-state index in [2.05, 4.69) is 39.3 Å². The van der Waals surface area contributed by atoms with E-state index in [0.29, 0.717) is 6.04 Å². The van der Waals surface area contributed by atoms with E-state index in [-0.39, 0.29) is 24.0 Å². The maximum absolute atomic E-state index is 6.19. The summed E-state index contributed by atoms with van der Waals surface area (Å²) in [4.78, 5) is 9.16. The Morgan fingerprint density at radius 1 is 1.31 bits per heavy atom. The fourth-order valence-electron chi connectivity index (χ4n) is 3.60. The summed E-state index contributed by atoms with van der Waals surface area (Å²) in [5, 5.41) is 7.73. The number of nitrogens with one attached hydrogen (secondary N) is 2. The Balaban J connectivity index is 0.00000420. The summed E-state index contributed by atoms with van der Waals surface area (Å²) in [7, 11) is 3.53. The normalized spacial score (nSPS) is 16.7. The lowest BCUT2D eigenvalue weighted by molar-refractivity contribution is 0.297. The van der Waals surface area contributed by atoms with E-state index in [4.69, 9.17) is 16.3 Å². The fraction of sp³-hybridized carbons (Fsp3) is 0.667. The van der Waals surface area contributed by atoms with Crippen molar-refractivity contribution in [2.45, 2.75) is 39.2 Å². The number of hydrogen-bond acceptors (Lipinski definition) is 4. The van der Waals surface area contributed by atoms with Gasteiger partial charge < -0.3 is 25.2 Å². The molecule has 8 heteroatoms. The van der Waals surface area contributed by atoms with Gasteiger partial charge in [-0.3, -0.25) is 4.99 Å². The lowest BCUT2D eigenvalue weighted by atomic mass is 10.2. The van der Waals surface area contributed by atoms with E-state index in [1.54, 1.807) is 7.11 Å². The van der Waals surface area contributed by atoms with E-state index < -0.39 is 0 Å². The Morgan fingerprint density at radius 2 is 2.07 bits per heavy atom. The summed E-state index contributed by atoms with van der Waals surface area (Å²) in [6.07, 6.45) is 3.41. The molecule has 1 fully saturated rings. The molecular weight excluding hydrogens is 501 g/mol. The molecule has 1 heterocycles. The van der Waals surface area contributed by atoms with Crippen LogP contribution in [0.25, 0.3) is 0 Å². The predicted molar refractivity (Wildman–Crippen MR) is 136 cm³/mol. The highest BCUT2D eigenvalue weighted by molar-refractivity contribution is 14.0. The number of anilines is 1. The number of unbranched alkanes of at least 4 members (excludes halogenated alkanes) is 1. The molecule has 0 radical (unpaired) electrons. The first-order chi connectivity index (χ1) is 13.6. The highest BCUT2D eigenvalue weighted by atomic mass is 127. The second-order valence-electron chi connectivity index (χ2n) is 7.13. The van der Waals surface area contributed by atoms with E-state index in [9.17, 15) is 0 Å². The molecule has 0 saturated carbocycles. The summed E-state index contributed by atoms with van der Waals surface area (Å²) >= 11 is 6.19. The van der Waals surface area contributed by atoms with Gasteiger partial charge in [0.2, 0.25) is 0 Å². The minimum Gasteiger partial charge on any atom is -0.495 e. The van der Waals surface area contributed by atoms with Crippen molar-refractivity contribution in [3.63, 3.8) is 0 Å². The van der Waals surface area contributed by atoms with E-state index in [1.165, 1.54) is 13.0 Å². The molecule has 6 nitrogen and oxygen atoms in total. The van der Waals surface area contributed by atoms with Crippen LogP contribution in [0.1, 0.15) is 33.1 Å². The number of ether oxygens (including phenoxy) is 1. The minimum atomic E-state index is 0. The van der Waals surface area contributed by atoms with Crippen LogP contribution in [0, 0.1) is 0 Å². The molecule has 1 aliphatic heterocycles. The summed E-state index contributed by atoms with van der Waals surface area (Å²) in [6.45, 7) is 10.7. The van der Waals surface area contributed by atoms with Gasteiger partial charge in [-0.25, -0.2) is 0 Å². The van der Waals surface area contributed by atoms with Gasteiger partial charge in [0.25, 0.3) is 0 Å². The van der Waals surface area contributed by atoms with Crippen LogP contribution in [0.15, 0.2) is 23.2 Å². The molecule has 1 aromatic rings. The third-order valence-corrected chi connectivity index (χ3v) is 5.56. The quantitative estimate of drug-likeness (QED) is 0.206. The number of benzene rings is 1. The second kappa shape index (κ2) is 14.1. The molecule has 0 amide bonds. The molecule has 0 spiro atoms. The minimum absolute atomic E-state index is 0. The van der Waals surface area contributed by atoms with Gasteiger partial charge in [0.15, 0.2) is 5.96 Å². The Labute approximate surface area is 198 Å². The molecule has 1 saturated heterocycles. The van der Waals surface area contributed by atoms with Crippen molar-refractivity contribution in [1.82, 2.24) is 15.5 Å². The lowest BCUT2D eigenvalue weighted by Gasteiger charge is -2.22. The van der Waals surface area contributed by atoms with Gasteiger partial charge in [-0.1, -0.05) is 25.4 Å². The summed E-state index contributed by atoms with van der Waals surface area (Å²) in [6, 6.07) is 6.12. The fourth-order valence-corrected chi connectivity index (χ4v) is 3.77. The highest BCUT2D eigenvalue weighted by Crippen LogP contribution is 2.33. The number of nitrogens with zero attached hydrogens (tertiary/aromatic N) is 3. The first-order valence-corrected chi connectivity index (χ1v) is 10.8. The number of rotatable bonds is 10. The van der Waals surface area contributed by atoms with Crippen LogP contribution >= 0.6 is 35.6 Å². The predicted octanol–water partition coefficient (Wildman–Crippen LogP) is 3.83. The molecule has 1 atom stereocenters. The van der Waals surface area contributed by atoms with Gasteiger partial charge >= 0.3 is 0 Å². The molecule has 0 aliphatic carbocycles. The van der Waals surface area contributed by atoms with Crippen molar-refractivity contribution < 1.29 is 4.74 Å². The topological polar surface area (TPSA) is 52.1 Å². The molecule has 2 N–H and O–H groups in total. The largest absolute Gasteiger partial charge is 0.495 e. The van der Waals surface area contributed by atoms with E-state index in [1.807, 2.05) is 25.2 Å². The van der Waals surface area contributed by atoms with Crippen molar-refractivity contribution in [1.29, 1.82) is 0 Å². The lowest BCUT2D eigenvalue weighted by Crippen LogP contribution is -2.45. The van der Waals surface area contributed by atoms with Crippen molar-refractivity contribution in [3.8, 4) is 5.75 Å². The molecule has 0 bridgehead atoms. The number of guanidine groups is 1. The van der Waals surface area contributed by atoms with Gasteiger partial charge in [-0.15, -0.1) is 24.0 Å². The maximum Gasteiger partial charge on any atom is 0.191 e. The third-order valence-electron chi connectivity index (χ3n) is 5.32. The molecule has 1 aromatic carbocycles. The zero-order valence-electron chi connectivity index (χ0n) is 18.2. The van der Waals surface area contributed by atoms with Crippen LogP contribution in [-0.4, -0.2) is 70.3 Å². The maximum atomic E-state index is 6.19. The Kier molecular flexibility index (Phi) is 12.7. The summed E-state index contributed by atoms with van der Waals surface area (Å²) in [5.74, 6) is 1.74. The molecule has 29 heavy (non-hydrogen) atoms. The van der Waals surface area contributed by atoms with Crippen LogP contribution < -0.4 is 20.3 Å². The van der Waals surface area contributed by atoms with Crippen molar-refractivity contribution >= 4 is 47.2 Å². The van der Waals surface area contributed by atoms with Crippen LogP contribution in [-0.2, 0) is 0 Å². The van der Waals surface area contributed by atoms with Crippen LogP contribution in [0.4, 0.5) is 5.69 Å². The number of hydrogen-bond donors (Lipinski definition) is 2. The first kappa shape index (κ1) is 26.1. The van der Waals surface area contributed by atoms with Crippen LogP contribution in [0.3, 0.4) is 0 Å². The zero-order valence-corrected chi connectivity index (χ0v) is 21.3. The third kappa shape index (κ3) is 8.38. The van der Waals surface area contributed by atoms with Crippen LogP contribution in [0.2, 0.25) is 5.02 Å². The Morgan fingerprint density at radius 3 is 2.72 bits per heavy atom. The smallest absolute Gasteiger partial charge is 0.191 e. The highest BCUT2D eigenvalue weighted by Gasteiger charge is 2.25. The van der Waals surface area contributed by atoms with Gasteiger partial charge in [0, 0.05) is 37.7 Å². The summed E-state index contributed by atoms with van der Waals surface area (Å²) in [5.41, 5.74) is 1.05. The molecule has 1 unspecified atom stereocenters. The number of methoxy groups -OCH3 is 1. The van der Waals surface area contributed by atoms with E-state index in [0.717, 1.165) is 68.0 Å². The molecule has 166 valence electrons. The Bertz CT molecular complexity index is 627. The Hall–Kier alpha value is -0.930. The average molecular weight is 538 g/mol. The van der Waals surface area contributed by atoms with Gasteiger partial charge in [0.1, 0.15) is 5.75 Å². The first-order valence-electron chi connectivity index (χ1n) is 10.4. The molecular formula is C21H37ClIN5O. The van der Waals surface area contributed by atoms with Gasteiger partial charge in [-0.05, 0) is 57.1 Å². The van der Waals surface area contributed by atoms with Crippen molar-refractivity contribution in [3.05, 3.63) is 23.2 Å². The average Bonchev–Trinajstić information content (AvgIpc) is 3.18. The monoisotopic (exact) mass is 537 g/mol. The molecule has 1 aliphatic rings. The number of halogens is 2. The van der Waals surface area contributed by atoms with Crippen LogP contribution in [0.5, 0.6) is 5.75 Å². The zero-order chi connectivity index (χ0) is 20.4. The van der Waals surface area contributed by atoms with Gasteiger partial charge in [0.05, 0.1) is 12.8 Å². The van der Waals surface area contributed by atoms with Crippen molar-refractivity contribution in [2.75, 3.05) is 58.3 Å². The van der Waals surface area contributed by atoms with Gasteiger partial charge in [-0.2, -0.15) is 0 Å². The second-order valence-corrected chi connectivity index (χ2v) is 7.56. The molecule has 0 aromatic heterocycles. The molecule has 2 rings (SSSR count). The number of aliphatic imine (C=N–C) groups is 1.